The van der Waals surface area contributed by atoms with Crippen LogP contribution in [0.1, 0.15) is 23.4 Å². The number of rotatable bonds is 5. The van der Waals surface area contributed by atoms with Crippen LogP contribution < -0.4 is 5.32 Å². The zero-order valence-corrected chi connectivity index (χ0v) is 11.1. The van der Waals surface area contributed by atoms with Crippen molar-refractivity contribution < 1.29 is 0 Å². The highest BCUT2D eigenvalue weighted by Gasteiger charge is 2.20. The minimum Gasteiger partial charge on any atom is -0.345 e. The van der Waals surface area contributed by atoms with Crippen LogP contribution in [0.5, 0.6) is 0 Å². The van der Waals surface area contributed by atoms with Crippen LogP contribution in [0.2, 0.25) is 4.34 Å². The smallest absolute Gasteiger partial charge is 0.0931 e. The Kier molecular flexibility index (Phi) is 3.23. The molecule has 1 N–H and O–H groups in total. The third-order valence-electron chi connectivity index (χ3n) is 3.03. The summed E-state index contributed by atoms with van der Waals surface area (Å²) in [5.74, 6) is 0. The summed E-state index contributed by atoms with van der Waals surface area (Å²) >= 11 is 7.60. The lowest BCUT2D eigenvalue weighted by Crippen LogP contribution is -2.18. The van der Waals surface area contributed by atoms with Crippen LogP contribution in [0.3, 0.4) is 0 Å². The average Bonchev–Trinajstić information content (AvgIpc) is 2.90. The number of hydrogen-bond donors (Lipinski definition) is 1. The Labute approximate surface area is 110 Å². The van der Waals surface area contributed by atoms with E-state index in [2.05, 4.69) is 34.3 Å². The fourth-order valence-electron chi connectivity index (χ4n) is 1.91. The first-order valence-corrected chi connectivity index (χ1v) is 7.12. The van der Waals surface area contributed by atoms with Crippen LogP contribution in [0.4, 0.5) is 0 Å². The van der Waals surface area contributed by atoms with Gasteiger partial charge in [-0.15, -0.1) is 11.3 Å². The van der Waals surface area contributed by atoms with E-state index in [0.29, 0.717) is 0 Å². The monoisotopic (exact) mass is 266 g/mol. The molecule has 4 heteroatoms. The van der Waals surface area contributed by atoms with Gasteiger partial charge >= 0.3 is 0 Å². The third-order valence-corrected chi connectivity index (χ3v) is 4.24. The van der Waals surface area contributed by atoms with Crippen LogP contribution in [0, 0.1) is 0 Å². The summed E-state index contributed by atoms with van der Waals surface area (Å²) in [5.41, 5.74) is 1.35. The summed E-state index contributed by atoms with van der Waals surface area (Å²) in [4.78, 5) is 1.30. The van der Waals surface area contributed by atoms with Crippen LogP contribution in [-0.4, -0.2) is 10.6 Å². The average molecular weight is 267 g/mol. The molecule has 1 saturated carbocycles. The fourth-order valence-corrected chi connectivity index (χ4v) is 2.99. The van der Waals surface area contributed by atoms with Crippen molar-refractivity contribution in [1.29, 1.82) is 0 Å². The lowest BCUT2D eigenvalue weighted by Gasteiger charge is -2.08. The second-order valence-corrected chi connectivity index (χ2v) is 6.29. The van der Waals surface area contributed by atoms with Crippen molar-refractivity contribution in [3.63, 3.8) is 0 Å². The summed E-state index contributed by atoms with van der Waals surface area (Å²) < 4.78 is 3.15. The van der Waals surface area contributed by atoms with Gasteiger partial charge in [-0.05, 0) is 37.1 Å². The number of halogens is 1. The third kappa shape index (κ3) is 2.92. The summed E-state index contributed by atoms with van der Waals surface area (Å²) in [6.07, 6.45) is 4.81. The zero-order chi connectivity index (χ0) is 11.7. The zero-order valence-electron chi connectivity index (χ0n) is 9.53. The van der Waals surface area contributed by atoms with Gasteiger partial charge in [-0.25, -0.2) is 0 Å². The number of nitrogens with zero attached hydrogens (tertiary/aromatic N) is 1. The molecule has 0 atom stereocenters. The van der Waals surface area contributed by atoms with E-state index in [1.807, 2.05) is 6.07 Å². The van der Waals surface area contributed by atoms with E-state index < -0.39 is 0 Å². The van der Waals surface area contributed by atoms with Gasteiger partial charge in [0.15, 0.2) is 0 Å². The number of aromatic nitrogens is 1. The lowest BCUT2D eigenvalue weighted by molar-refractivity contribution is 0.636. The summed E-state index contributed by atoms with van der Waals surface area (Å²) in [5, 5.41) is 3.55. The second kappa shape index (κ2) is 4.84. The molecule has 1 aliphatic carbocycles. The van der Waals surface area contributed by atoms with Gasteiger partial charge in [-0.3, -0.25) is 0 Å². The standard InChI is InChI=1S/C13H15ClN2S/c14-13-6-5-12(17-13)9-16-7-1-2-11(16)8-15-10-3-4-10/h1-2,5-7,10,15H,3-4,8-9H2. The Morgan fingerprint density at radius 1 is 1.35 bits per heavy atom. The van der Waals surface area contributed by atoms with Crippen molar-refractivity contribution in [2.24, 2.45) is 0 Å². The maximum atomic E-state index is 5.95. The molecule has 0 amide bonds. The molecule has 1 aliphatic rings. The molecule has 0 saturated heterocycles. The summed E-state index contributed by atoms with van der Waals surface area (Å²) in [6.45, 7) is 1.89. The van der Waals surface area contributed by atoms with Gasteiger partial charge < -0.3 is 9.88 Å². The Bertz CT molecular complexity index is 499. The van der Waals surface area contributed by atoms with Gasteiger partial charge in [0.2, 0.25) is 0 Å². The van der Waals surface area contributed by atoms with E-state index in [9.17, 15) is 0 Å². The Hall–Kier alpha value is -0.770. The van der Waals surface area contributed by atoms with E-state index in [4.69, 9.17) is 11.6 Å². The van der Waals surface area contributed by atoms with E-state index in [1.54, 1.807) is 11.3 Å². The molecule has 2 aromatic rings. The maximum absolute atomic E-state index is 5.95. The highest BCUT2D eigenvalue weighted by Crippen LogP contribution is 2.23. The second-order valence-electron chi connectivity index (χ2n) is 4.49. The molecular formula is C13H15ClN2S. The molecule has 0 spiro atoms. The highest BCUT2D eigenvalue weighted by molar-refractivity contribution is 7.16. The molecule has 3 rings (SSSR count). The van der Waals surface area contributed by atoms with E-state index >= 15 is 0 Å². The van der Waals surface area contributed by atoms with Crippen LogP contribution in [-0.2, 0) is 13.1 Å². The van der Waals surface area contributed by atoms with Gasteiger partial charge in [-0.2, -0.15) is 0 Å². The molecule has 1 fully saturated rings. The quantitative estimate of drug-likeness (QED) is 0.876. The molecule has 2 aromatic heterocycles. The first-order chi connectivity index (χ1) is 8.31. The van der Waals surface area contributed by atoms with E-state index in [-0.39, 0.29) is 0 Å². The molecule has 2 nitrogen and oxygen atoms in total. The van der Waals surface area contributed by atoms with Crippen molar-refractivity contribution in [3.05, 3.63) is 45.4 Å². The molecule has 90 valence electrons. The number of hydrogen-bond acceptors (Lipinski definition) is 2. The summed E-state index contributed by atoms with van der Waals surface area (Å²) in [6, 6.07) is 9.12. The van der Waals surface area contributed by atoms with Gasteiger partial charge in [0, 0.05) is 29.4 Å². The van der Waals surface area contributed by atoms with Crippen molar-refractivity contribution in [2.45, 2.75) is 32.0 Å². The minimum absolute atomic E-state index is 0.759. The van der Waals surface area contributed by atoms with Crippen molar-refractivity contribution in [3.8, 4) is 0 Å². The van der Waals surface area contributed by atoms with Gasteiger partial charge in [0.1, 0.15) is 0 Å². The Balaban J connectivity index is 1.67. The Morgan fingerprint density at radius 2 is 2.24 bits per heavy atom. The molecule has 0 unspecified atom stereocenters. The highest BCUT2D eigenvalue weighted by atomic mass is 35.5. The van der Waals surface area contributed by atoms with E-state index in [0.717, 1.165) is 23.5 Å². The first-order valence-electron chi connectivity index (χ1n) is 5.93. The first kappa shape index (κ1) is 11.3. The molecule has 0 bridgehead atoms. The Morgan fingerprint density at radius 3 is 2.94 bits per heavy atom. The van der Waals surface area contributed by atoms with E-state index in [1.165, 1.54) is 23.4 Å². The van der Waals surface area contributed by atoms with Crippen molar-refractivity contribution >= 4 is 22.9 Å². The number of nitrogens with one attached hydrogen (secondary N) is 1. The van der Waals surface area contributed by atoms with Gasteiger partial charge in [0.25, 0.3) is 0 Å². The topological polar surface area (TPSA) is 17.0 Å². The SMILES string of the molecule is Clc1ccc(Cn2cccc2CNC2CC2)s1. The predicted octanol–water partition coefficient (Wildman–Crippen LogP) is 3.50. The molecule has 0 radical (unpaired) electrons. The van der Waals surface area contributed by atoms with Crippen LogP contribution in [0.25, 0.3) is 0 Å². The van der Waals surface area contributed by atoms with Crippen LogP contribution >= 0.6 is 22.9 Å². The number of thiophene rings is 1. The summed E-state index contributed by atoms with van der Waals surface area (Å²) in [7, 11) is 0. The van der Waals surface area contributed by atoms with Crippen LogP contribution in [0.15, 0.2) is 30.5 Å². The fraction of sp³-hybridized carbons (Fsp3) is 0.385. The van der Waals surface area contributed by atoms with Gasteiger partial charge in [-0.1, -0.05) is 11.6 Å². The molecular weight excluding hydrogens is 252 g/mol. The maximum Gasteiger partial charge on any atom is 0.0931 e. The molecule has 2 heterocycles. The molecule has 0 aliphatic heterocycles. The molecule has 0 aromatic carbocycles. The van der Waals surface area contributed by atoms with Gasteiger partial charge in [0.05, 0.1) is 10.9 Å². The lowest BCUT2D eigenvalue weighted by atomic mass is 10.4. The molecule has 17 heavy (non-hydrogen) atoms. The normalized spacial score (nSPS) is 15.4. The van der Waals surface area contributed by atoms with Crippen molar-refractivity contribution in [1.82, 2.24) is 9.88 Å². The predicted molar refractivity (Wildman–Crippen MR) is 72.7 cm³/mol. The minimum atomic E-state index is 0.759. The largest absolute Gasteiger partial charge is 0.345 e. The van der Waals surface area contributed by atoms with Crippen molar-refractivity contribution in [2.75, 3.05) is 0 Å².